The third kappa shape index (κ3) is 4.35. The van der Waals surface area contributed by atoms with Gasteiger partial charge in [0, 0.05) is 36.3 Å². The van der Waals surface area contributed by atoms with Crippen LogP contribution >= 0.6 is 0 Å². The van der Waals surface area contributed by atoms with E-state index in [9.17, 15) is 14.4 Å². The van der Waals surface area contributed by atoms with Gasteiger partial charge in [-0.1, -0.05) is 48.5 Å². The zero-order valence-electron chi connectivity index (χ0n) is 17.1. The summed E-state index contributed by atoms with van der Waals surface area (Å²) in [5, 5.41) is 12.5. The van der Waals surface area contributed by atoms with Crippen LogP contribution in [0.25, 0.3) is 11.1 Å². The van der Waals surface area contributed by atoms with Crippen molar-refractivity contribution < 1.29 is 13.9 Å². The van der Waals surface area contributed by atoms with Crippen molar-refractivity contribution in [1.82, 2.24) is 5.32 Å². The maximum Gasteiger partial charge on any atom is 0.251 e. The zero-order chi connectivity index (χ0) is 21.7. The van der Waals surface area contributed by atoms with E-state index in [-0.39, 0.29) is 17.1 Å². The van der Waals surface area contributed by atoms with Gasteiger partial charge in [-0.2, -0.15) is 5.26 Å². The summed E-state index contributed by atoms with van der Waals surface area (Å²) < 4.78 is 19.5. The Labute approximate surface area is 181 Å². The highest BCUT2D eigenvalue weighted by Gasteiger charge is 2.35. The van der Waals surface area contributed by atoms with Crippen molar-refractivity contribution in [3.63, 3.8) is 0 Å². The topological polar surface area (TPSA) is 62.1 Å². The molecular weight excluding hydrogens is 391 g/mol. The number of hydrogen-bond acceptors (Lipinski definition) is 3. The van der Waals surface area contributed by atoms with Gasteiger partial charge in [-0.05, 0) is 48.2 Å². The van der Waals surface area contributed by atoms with Gasteiger partial charge in [0.25, 0.3) is 5.91 Å². The normalized spacial score (nSPS) is 15.1. The summed E-state index contributed by atoms with van der Waals surface area (Å²) in [6.45, 7) is 1.52. The fourth-order valence-electron chi connectivity index (χ4n) is 4.22. The number of hydrogen-bond donors (Lipinski definition) is 1. The molecule has 0 unspecified atom stereocenters. The molecule has 0 spiro atoms. The van der Waals surface area contributed by atoms with Gasteiger partial charge in [-0.3, -0.25) is 4.79 Å². The molecule has 3 aromatic rings. The smallest absolute Gasteiger partial charge is 0.251 e. The lowest BCUT2D eigenvalue weighted by molar-refractivity contribution is 0.0486. The lowest BCUT2D eigenvalue weighted by Gasteiger charge is -2.38. The molecule has 156 valence electrons. The van der Waals surface area contributed by atoms with E-state index in [0.717, 1.165) is 11.1 Å². The first-order chi connectivity index (χ1) is 15.1. The minimum atomic E-state index is -0.379. The molecule has 0 bridgehead atoms. The van der Waals surface area contributed by atoms with E-state index in [4.69, 9.17) is 4.74 Å². The van der Waals surface area contributed by atoms with Crippen LogP contribution < -0.4 is 5.32 Å². The van der Waals surface area contributed by atoms with Crippen molar-refractivity contribution in [1.29, 1.82) is 5.26 Å². The first-order valence-electron chi connectivity index (χ1n) is 10.3. The standard InChI is InChI=1S/C26H23FN2O2/c27-21-8-5-7-20(16-21)26(12-14-31-15-13-26)18-29-25(30)24-11-4-3-10-23(24)22-9-2-1-6-19(22)17-28/h1-11,16H,12-15,18H2,(H,29,30). The van der Waals surface area contributed by atoms with E-state index < -0.39 is 0 Å². The SMILES string of the molecule is N#Cc1ccccc1-c1ccccc1C(=O)NCC1(c2cccc(F)c2)CCOCC1. The second kappa shape index (κ2) is 9.11. The molecule has 1 amide bonds. The minimum Gasteiger partial charge on any atom is -0.381 e. The van der Waals surface area contributed by atoms with Gasteiger partial charge in [0.2, 0.25) is 0 Å². The molecule has 1 aliphatic rings. The maximum absolute atomic E-state index is 13.9. The van der Waals surface area contributed by atoms with Gasteiger partial charge in [0.05, 0.1) is 11.6 Å². The Morgan fingerprint density at radius 1 is 1.00 bits per heavy atom. The second-order valence-corrected chi connectivity index (χ2v) is 7.79. The summed E-state index contributed by atoms with van der Waals surface area (Å²) in [5.74, 6) is -0.501. The molecule has 4 rings (SSSR count). The Morgan fingerprint density at radius 2 is 1.71 bits per heavy atom. The molecule has 3 aromatic carbocycles. The van der Waals surface area contributed by atoms with Gasteiger partial charge in [-0.15, -0.1) is 0 Å². The molecule has 0 radical (unpaired) electrons. The van der Waals surface area contributed by atoms with Gasteiger partial charge >= 0.3 is 0 Å². The highest BCUT2D eigenvalue weighted by Crippen LogP contribution is 2.35. The summed E-state index contributed by atoms with van der Waals surface area (Å²) in [7, 11) is 0. The molecule has 0 aromatic heterocycles. The van der Waals surface area contributed by atoms with Crippen LogP contribution in [0.15, 0.2) is 72.8 Å². The number of carbonyl (C=O) groups is 1. The molecule has 1 saturated heterocycles. The number of nitriles is 1. The van der Waals surface area contributed by atoms with Crippen molar-refractivity contribution in [3.8, 4) is 17.2 Å². The van der Waals surface area contributed by atoms with Crippen LogP contribution in [0.2, 0.25) is 0 Å². The number of amides is 1. The first kappa shape index (κ1) is 20.8. The Morgan fingerprint density at radius 3 is 2.45 bits per heavy atom. The monoisotopic (exact) mass is 414 g/mol. The molecular formula is C26H23FN2O2. The minimum absolute atomic E-state index is 0.217. The Bertz CT molecular complexity index is 1130. The average Bonchev–Trinajstić information content (AvgIpc) is 2.83. The van der Waals surface area contributed by atoms with E-state index in [1.165, 1.54) is 6.07 Å². The molecule has 1 fully saturated rings. The summed E-state index contributed by atoms with van der Waals surface area (Å²) >= 11 is 0. The third-order valence-electron chi connectivity index (χ3n) is 5.98. The number of nitrogens with zero attached hydrogens (tertiary/aromatic N) is 1. The largest absolute Gasteiger partial charge is 0.381 e. The van der Waals surface area contributed by atoms with Crippen LogP contribution in [0.5, 0.6) is 0 Å². The zero-order valence-corrected chi connectivity index (χ0v) is 17.1. The van der Waals surface area contributed by atoms with Crippen molar-refractivity contribution in [3.05, 3.63) is 95.3 Å². The van der Waals surface area contributed by atoms with Crippen LogP contribution in [-0.2, 0) is 10.2 Å². The lowest BCUT2D eigenvalue weighted by atomic mass is 9.74. The Kier molecular flexibility index (Phi) is 6.11. The van der Waals surface area contributed by atoms with E-state index in [2.05, 4.69) is 11.4 Å². The molecule has 0 atom stereocenters. The number of rotatable bonds is 5. The summed E-state index contributed by atoms with van der Waals surface area (Å²) in [6.07, 6.45) is 1.41. The highest BCUT2D eigenvalue weighted by molar-refractivity contribution is 6.01. The fourth-order valence-corrected chi connectivity index (χ4v) is 4.22. The number of carbonyl (C=O) groups excluding carboxylic acids is 1. The number of halogens is 1. The molecule has 1 heterocycles. The molecule has 4 nitrogen and oxygen atoms in total. The van der Waals surface area contributed by atoms with E-state index in [1.54, 1.807) is 30.3 Å². The van der Waals surface area contributed by atoms with Crippen LogP contribution in [0.4, 0.5) is 4.39 Å². The molecule has 31 heavy (non-hydrogen) atoms. The van der Waals surface area contributed by atoms with Gasteiger partial charge in [0.1, 0.15) is 5.82 Å². The predicted molar refractivity (Wildman–Crippen MR) is 117 cm³/mol. The fraction of sp³-hybridized carbons (Fsp3) is 0.231. The van der Waals surface area contributed by atoms with Crippen molar-refractivity contribution in [2.45, 2.75) is 18.3 Å². The Balaban J connectivity index is 1.62. The molecule has 1 aliphatic heterocycles. The van der Waals surface area contributed by atoms with Crippen molar-refractivity contribution >= 4 is 5.91 Å². The first-order valence-corrected chi connectivity index (χ1v) is 10.3. The van der Waals surface area contributed by atoms with Crippen LogP contribution in [0, 0.1) is 17.1 Å². The molecule has 0 saturated carbocycles. The average molecular weight is 414 g/mol. The van der Waals surface area contributed by atoms with E-state index >= 15 is 0 Å². The van der Waals surface area contributed by atoms with Gasteiger partial charge in [-0.25, -0.2) is 4.39 Å². The van der Waals surface area contributed by atoms with Gasteiger partial charge < -0.3 is 10.1 Å². The highest BCUT2D eigenvalue weighted by atomic mass is 19.1. The van der Waals surface area contributed by atoms with Crippen molar-refractivity contribution in [2.75, 3.05) is 19.8 Å². The lowest BCUT2D eigenvalue weighted by Crippen LogP contribution is -2.44. The van der Waals surface area contributed by atoms with E-state index in [0.29, 0.717) is 49.3 Å². The maximum atomic E-state index is 13.9. The quantitative estimate of drug-likeness (QED) is 0.650. The molecule has 1 N–H and O–H groups in total. The second-order valence-electron chi connectivity index (χ2n) is 7.79. The van der Waals surface area contributed by atoms with Crippen LogP contribution in [0.3, 0.4) is 0 Å². The number of benzene rings is 3. The summed E-state index contributed by atoms with van der Waals surface area (Å²) in [6, 6.07) is 23.3. The van der Waals surface area contributed by atoms with Gasteiger partial charge in [0.15, 0.2) is 0 Å². The van der Waals surface area contributed by atoms with E-state index in [1.807, 2.05) is 36.4 Å². The molecule has 0 aliphatic carbocycles. The van der Waals surface area contributed by atoms with Crippen LogP contribution in [0.1, 0.15) is 34.3 Å². The van der Waals surface area contributed by atoms with Crippen LogP contribution in [-0.4, -0.2) is 25.7 Å². The summed E-state index contributed by atoms with van der Waals surface area (Å²) in [4.78, 5) is 13.2. The predicted octanol–water partition coefficient (Wildman–Crippen LogP) is 4.84. The molecule has 5 heteroatoms. The summed E-state index contributed by atoms with van der Waals surface area (Å²) in [5.41, 5.74) is 2.95. The van der Waals surface area contributed by atoms with Crippen molar-refractivity contribution in [2.24, 2.45) is 0 Å². The number of ether oxygens (including phenoxy) is 1. The number of nitrogens with one attached hydrogen (secondary N) is 1. The third-order valence-corrected chi connectivity index (χ3v) is 5.98. The Hall–Kier alpha value is -3.49.